The summed E-state index contributed by atoms with van der Waals surface area (Å²) in [4.78, 5) is 51.7. The van der Waals surface area contributed by atoms with Gasteiger partial charge in [0, 0.05) is 55.2 Å². The third kappa shape index (κ3) is 4.83. The maximum atomic E-state index is 13.0. The van der Waals surface area contributed by atoms with Crippen LogP contribution < -0.4 is 15.1 Å². The number of carbonyl (C=O) groups is 2. The zero-order valence-corrected chi connectivity index (χ0v) is 23.6. The number of rotatable bonds is 7. The summed E-state index contributed by atoms with van der Waals surface area (Å²) in [7, 11) is 0. The molecule has 0 bridgehead atoms. The number of amides is 2. The lowest BCUT2D eigenvalue weighted by Gasteiger charge is -2.24. The Bertz CT molecular complexity index is 1750. The van der Waals surface area contributed by atoms with Gasteiger partial charge < -0.3 is 24.5 Å². The summed E-state index contributed by atoms with van der Waals surface area (Å²) in [5.74, 6) is 1.83. The fraction of sp³-hybridized carbons (Fsp3) is 0.433. The monoisotopic (exact) mass is 581 g/mol. The minimum atomic E-state index is -0.584. The van der Waals surface area contributed by atoms with E-state index in [1.807, 2.05) is 28.5 Å². The van der Waals surface area contributed by atoms with Gasteiger partial charge in [0.25, 0.3) is 0 Å². The molecule has 4 fully saturated rings. The van der Waals surface area contributed by atoms with Gasteiger partial charge in [-0.15, -0.1) is 0 Å². The van der Waals surface area contributed by atoms with Gasteiger partial charge >= 0.3 is 6.09 Å². The Balaban J connectivity index is 1.06. The zero-order chi connectivity index (χ0) is 29.2. The predicted molar refractivity (Wildman–Crippen MR) is 155 cm³/mol. The lowest BCUT2D eigenvalue weighted by molar-refractivity contribution is -0.117. The minimum absolute atomic E-state index is 0.00195. The van der Waals surface area contributed by atoms with Crippen molar-refractivity contribution in [3.05, 3.63) is 65.9 Å². The number of pyridine rings is 1. The van der Waals surface area contributed by atoms with E-state index in [9.17, 15) is 14.7 Å². The molecule has 43 heavy (non-hydrogen) atoms. The molecule has 0 radical (unpaired) electrons. The van der Waals surface area contributed by atoms with Crippen molar-refractivity contribution in [1.82, 2.24) is 29.3 Å². The van der Waals surface area contributed by atoms with Gasteiger partial charge in [-0.1, -0.05) is 0 Å². The highest BCUT2D eigenvalue weighted by molar-refractivity contribution is 5.95. The lowest BCUT2D eigenvalue weighted by atomic mass is 10.1. The van der Waals surface area contributed by atoms with Crippen LogP contribution in [0.3, 0.4) is 0 Å². The van der Waals surface area contributed by atoms with Crippen molar-refractivity contribution < 1.29 is 19.4 Å². The normalized spacial score (nSPS) is 24.9. The molecule has 13 nitrogen and oxygen atoms in total. The second kappa shape index (κ2) is 9.97. The van der Waals surface area contributed by atoms with Crippen LogP contribution in [0.25, 0.3) is 5.65 Å². The topological polar surface area (TPSA) is 151 Å². The van der Waals surface area contributed by atoms with Crippen molar-refractivity contribution in [2.45, 2.75) is 56.6 Å². The molecule has 6 heterocycles. The van der Waals surface area contributed by atoms with E-state index in [0.717, 1.165) is 29.9 Å². The first-order valence-corrected chi connectivity index (χ1v) is 14.8. The molecule has 2 N–H and O–H groups in total. The summed E-state index contributed by atoms with van der Waals surface area (Å²) in [6, 6.07) is 5.37. The van der Waals surface area contributed by atoms with Gasteiger partial charge in [-0.05, 0) is 49.8 Å². The summed E-state index contributed by atoms with van der Waals surface area (Å²) in [6.45, 7) is 3.10. The smallest absolute Gasteiger partial charge is 0.414 e. The highest BCUT2D eigenvalue weighted by Gasteiger charge is 2.46. The van der Waals surface area contributed by atoms with Crippen LogP contribution in [0.15, 0.2) is 43.1 Å². The number of hydrogen-bond acceptors (Lipinski definition) is 10. The highest BCUT2D eigenvalue weighted by atomic mass is 16.6. The fourth-order valence-electron chi connectivity index (χ4n) is 6.29. The number of aromatic nitrogens is 6. The Morgan fingerprint density at radius 1 is 1.12 bits per heavy atom. The largest absolute Gasteiger partial charge is 0.447 e. The van der Waals surface area contributed by atoms with Crippen LogP contribution >= 0.6 is 0 Å². The summed E-state index contributed by atoms with van der Waals surface area (Å²) in [5.41, 5.74) is 4.23. The molecule has 13 heteroatoms. The molecular weight excluding hydrogens is 550 g/mol. The summed E-state index contributed by atoms with van der Waals surface area (Å²) in [6.07, 6.45) is 9.69. The van der Waals surface area contributed by atoms with Crippen LogP contribution in [0.2, 0.25) is 0 Å². The van der Waals surface area contributed by atoms with Crippen molar-refractivity contribution in [2.24, 2.45) is 5.92 Å². The number of carbonyl (C=O) groups excluding carboxylic acids is 2. The number of ether oxygens (including phenoxy) is 1. The van der Waals surface area contributed by atoms with Gasteiger partial charge in [0.15, 0.2) is 5.65 Å². The van der Waals surface area contributed by atoms with Crippen LogP contribution in [0.4, 0.5) is 22.1 Å². The van der Waals surface area contributed by atoms with Crippen molar-refractivity contribution >= 4 is 35.0 Å². The number of cyclic esters (lactones) is 1. The summed E-state index contributed by atoms with van der Waals surface area (Å²) in [5, 5.41) is 13.7. The standard InChI is InChI=1S/C30H31N9O4/c1-16-4-5-31-27(34-16)20-10-21(20)29(41)36-25-11-26(33-15-32-25)39-13-19(40)9-23(39)22-14-37-12-18(17-2-3-17)8-24(28(37)35-22)38-6-7-43-30(38)42/h4-5,8,11-12,14-15,17,19-21,23,40H,2-3,6-7,9-10,13H2,1H3,(H,32,33,36,41)/t19-,20?,21?,23+/m0/s1. The highest BCUT2D eigenvalue weighted by Crippen LogP contribution is 2.47. The maximum Gasteiger partial charge on any atom is 0.414 e. The van der Waals surface area contributed by atoms with Crippen molar-refractivity contribution in [3.63, 3.8) is 0 Å². The van der Waals surface area contributed by atoms with E-state index < -0.39 is 6.10 Å². The van der Waals surface area contributed by atoms with Gasteiger partial charge in [-0.2, -0.15) is 0 Å². The Morgan fingerprint density at radius 3 is 2.79 bits per heavy atom. The fourth-order valence-corrected chi connectivity index (χ4v) is 6.29. The van der Waals surface area contributed by atoms with Crippen LogP contribution in [0, 0.1) is 12.8 Å². The number of fused-ring (bicyclic) bond motifs is 1. The number of aliphatic hydroxyl groups excluding tert-OH is 1. The molecule has 2 saturated carbocycles. The first kappa shape index (κ1) is 26.0. The SMILES string of the molecule is Cc1ccnc(C2CC2C(=O)Nc2cc(N3C[C@@H](O)C[C@@H]3c3cn4cc(C5CC5)cc(N5CCOC5=O)c4n3)ncn2)n1. The molecule has 2 saturated heterocycles. The molecule has 4 aliphatic rings. The van der Waals surface area contributed by atoms with Crippen molar-refractivity contribution in [2.75, 3.05) is 34.8 Å². The van der Waals surface area contributed by atoms with E-state index in [1.165, 1.54) is 11.9 Å². The number of aliphatic hydroxyl groups is 1. The molecule has 4 aromatic rings. The Hall–Kier alpha value is -4.65. The second-order valence-corrected chi connectivity index (χ2v) is 11.9. The number of nitrogens with zero attached hydrogens (tertiary/aromatic N) is 8. The van der Waals surface area contributed by atoms with Crippen LogP contribution in [-0.2, 0) is 9.53 Å². The van der Waals surface area contributed by atoms with E-state index in [2.05, 4.69) is 37.5 Å². The number of β-amino-alcohol motifs (C(OH)–C–C–N with tert-alkyl or cyclic N) is 1. The first-order valence-electron chi connectivity index (χ1n) is 14.8. The second-order valence-electron chi connectivity index (χ2n) is 11.9. The Kier molecular flexibility index (Phi) is 6.03. The number of aryl methyl sites for hydroxylation is 1. The predicted octanol–water partition coefficient (Wildman–Crippen LogP) is 3.11. The molecule has 2 aliphatic carbocycles. The molecule has 4 atom stereocenters. The molecule has 220 valence electrons. The van der Waals surface area contributed by atoms with Gasteiger partial charge in [0.2, 0.25) is 5.91 Å². The van der Waals surface area contributed by atoms with E-state index in [1.54, 1.807) is 17.2 Å². The van der Waals surface area contributed by atoms with Crippen molar-refractivity contribution in [3.8, 4) is 0 Å². The van der Waals surface area contributed by atoms with Gasteiger partial charge in [-0.3, -0.25) is 9.69 Å². The van der Waals surface area contributed by atoms with E-state index in [4.69, 9.17) is 9.72 Å². The molecule has 2 aliphatic heterocycles. The van der Waals surface area contributed by atoms with Gasteiger partial charge in [-0.25, -0.2) is 29.7 Å². The van der Waals surface area contributed by atoms with Crippen molar-refractivity contribution in [1.29, 1.82) is 0 Å². The zero-order valence-electron chi connectivity index (χ0n) is 23.6. The van der Waals surface area contributed by atoms with E-state index >= 15 is 0 Å². The maximum absolute atomic E-state index is 13.0. The van der Waals surface area contributed by atoms with Gasteiger partial charge in [0.1, 0.15) is 30.4 Å². The van der Waals surface area contributed by atoms with Crippen LogP contribution in [-0.4, -0.2) is 72.2 Å². The van der Waals surface area contributed by atoms with Gasteiger partial charge in [0.05, 0.1) is 30.1 Å². The Morgan fingerprint density at radius 2 is 2.00 bits per heavy atom. The molecule has 2 amide bonds. The molecule has 0 spiro atoms. The molecule has 0 aromatic carbocycles. The van der Waals surface area contributed by atoms with E-state index in [0.29, 0.717) is 61.6 Å². The van der Waals surface area contributed by atoms with E-state index in [-0.39, 0.29) is 29.9 Å². The lowest BCUT2D eigenvalue weighted by Crippen LogP contribution is -2.26. The third-order valence-electron chi connectivity index (χ3n) is 8.76. The minimum Gasteiger partial charge on any atom is -0.447 e. The molecular formula is C30H31N9O4. The molecule has 2 unspecified atom stereocenters. The van der Waals surface area contributed by atoms with Crippen LogP contribution in [0.5, 0.6) is 0 Å². The van der Waals surface area contributed by atoms with Crippen LogP contribution in [0.1, 0.15) is 66.3 Å². The number of hydrogen-bond donors (Lipinski definition) is 2. The quantitative estimate of drug-likeness (QED) is 0.333. The number of anilines is 3. The first-order chi connectivity index (χ1) is 20.9. The molecule has 4 aromatic heterocycles. The third-order valence-corrected chi connectivity index (χ3v) is 8.76. The summed E-state index contributed by atoms with van der Waals surface area (Å²) < 4.78 is 7.22. The molecule has 8 rings (SSSR count). The average Bonchev–Trinajstić information content (AvgIpc) is 3.88. The average molecular weight is 582 g/mol. The number of nitrogens with one attached hydrogen (secondary N) is 1. The number of imidazole rings is 1. The Labute approximate surface area is 247 Å². The summed E-state index contributed by atoms with van der Waals surface area (Å²) >= 11 is 0.